The Kier molecular flexibility index (Phi) is 6.04. The van der Waals surface area contributed by atoms with Crippen molar-refractivity contribution in [1.29, 1.82) is 0 Å². The highest BCUT2D eigenvalue weighted by Gasteiger charge is 2.25. The van der Waals surface area contributed by atoms with Crippen LogP contribution in [0.25, 0.3) is 0 Å². The van der Waals surface area contributed by atoms with Gasteiger partial charge in [-0.2, -0.15) is 0 Å². The van der Waals surface area contributed by atoms with Crippen molar-refractivity contribution >= 4 is 28.1 Å². The third kappa shape index (κ3) is 4.46. The van der Waals surface area contributed by atoms with Gasteiger partial charge in [-0.1, -0.05) is 18.2 Å². The van der Waals surface area contributed by atoms with Crippen LogP contribution in [0.5, 0.6) is 5.75 Å². The molecule has 158 valence electrons. The van der Waals surface area contributed by atoms with Gasteiger partial charge >= 0.3 is 0 Å². The lowest BCUT2D eigenvalue weighted by atomic mass is 9.96. The Hall–Kier alpha value is -3.58. The number of hydrogen-bond donors (Lipinski definition) is 2. The number of benzene rings is 1. The second-order valence-corrected chi connectivity index (χ2v) is 8.25. The summed E-state index contributed by atoms with van der Waals surface area (Å²) in [6.07, 6.45) is 3.24. The highest BCUT2D eigenvalue weighted by atomic mass is 32.1. The van der Waals surface area contributed by atoms with E-state index in [0.29, 0.717) is 0 Å². The Morgan fingerprint density at radius 1 is 1.10 bits per heavy atom. The molecule has 0 saturated heterocycles. The van der Waals surface area contributed by atoms with Gasteiger partial charge in [0.15, 0.2) is 5.76 Å². The van der Waals surface area contributed by atoms with Crippen LogP contribution in [0, 0.1) is 13.8 Å². The normalized spacial score (nSPS) is 11.7. The van der Waals surface area contributed by atoms with E-state index < -0.39 is 0 Å². The number of carbonyl (C=O) groups is 1. The fraction of sp³-hybridized carbons (Fsp3) is 0.167. The molecule has 0 spiro atoms. The number of aromatic nitrogens is 1. The number of amides is 1. The smallest absolute Gasteiger partial charge is 0.291 e. The predicted molar refractivity (Wildman–Crippen MR) is 123 cm³/mol. The average Bonchev–Trinajstić information content (AvgIpc) is 3.42. The monoisotopic (exact) mass is 433 g/mol. The first-order chi connectivity index (χ1) is 15.1. The summed E-state index contributed by atoms with van der Waals surface area (Å²) in [7, 11) is 1.65. The first-order valence-electron chi connectivity index (χ1n) is 9.83. The molecular weight excluding hydrogens is 410 g/mol. The summed E-state index contributed by atoms with van der Waals surface area (Å²) in [5.41, 5.74) is 3.14. The number of hydrogen-bond acceptors (Lipinski definition) is 6. The average molecular weight is 434 g/mol. The molecule has 6 nitrogen and oxygen atoms in total. The fourth-order valence-electron chi connectivity index (χ4n) is 3.37. The first-order valence-corrected chi connectivity index (χ1v) is 10.6. The summed E-state index contributed by atoms with van der Waals surface area (Å²) >= 11 is 1.55. The minimum atomic E-state index is -0.279. The number of nitrogens with zero attached hydrogens (tertiary/aromatic N) is 1. The maximum atomic E-state index is 12.7. The minimum absolute atomic E-state index is 0.224. The summed E-state index contributed by atoms with van der Waals surface area (Å²) in [6, 6.07) is 16.8. The van der Waals surface area contributed by atoms with E-state index in [2.05, 4.69) is 29.5 Å². The van der Waals surface area contributed by atoms with Gasteiger partial charge in [-0.15, -0.1) is 11.3 Å². The molecule has 0 aliphatic heterocycles. The number of anilines is 2. The van der Waals surface area contributed by atoms with Crippen molar-refractivity contribution < 1.29 is 13.9 Å². The molecule has 0 fully saturated rings. The van der Waals surface area contributed by atoms with E-state index >= 15 is 0 Å². The van der Waals surface area contributed by atoms with Gasteiger partial charge in [-0.3, -0.25) is 4.79 Å². The summed E-state index contributed by atoms with van der Waals surface area (Å²) in [4.78, 5) is 18.3. The molecule has 1 amide bonds. The number of nitrogens with one attached hydrogen (secondary N) is 2. The van der Waals surface area contributed by atoms with Gasteiger partial charge in [0.25, 0.3) is 5.91 Å². The van der Waals surface area contributed by atoms with E-state index in [-0.39, 0.29) is 17.7 Å². The standard InChI is InChI=1S/C24H23N3O3S/c1-15-16(2)31-24(27-23(28)19-7-6-14-30-19)21(15)22(26-20-8-4-5-13-25-20)17-9-11-18(29-3)12-10-17/h4-14,22H,1-3H3,(H,25,26)(H,27,28)/t22-/m0/s1. The molecule has 0 saturated carbocycles. The molecule has 31 heavy (non-hydrogen) atoms. The maximum absolute atomic E-state index is 12.7. The van der Waals surface area contributed by atoms with Gasteiger partial charge in [0, 0.05) is 16.6 Å². The molecule has 3 heterocycles. The Morgan fingerprint density at radius 2 is 1.90 bits per heavy atom. The SMILES string of the molecule is COc1ccc([C@H](Nc2ccccn2)c2c(NC(=O)c3ccco3)sc(C)c2C)cc1. The number of thiophene rings is 1. The van der Waals surface area contributed by atoms with Crippen molar-refractivity contribution in [3.8, 4) is 5.75 Å². The molecular formula is C24H23N3O3S. The zero-order chi connectivity index (χ0) is 21.8. The zero-order valence-corrected chi connectivity index (χ0v) is 18.3. The van der Waals surface area contributed by atoms with Crippen molar-refractivity contribution in [2.24, 2.45) is 0 Å². The molecule has 0 unspecified atom stereocenters. The molecule has 0 bridgehead atoms. The van der Waals surface area contributed by atoms with E-state index in [0.717, 1.165) is 38.1 Å². The molecule has 3 aromatic heterocycles. The van der Waals surface area contributed by atoms with Crippen LogP contribution in [0.2, 0.25) is 0 Å². The third-order valence-corrected chi connectivity index (χ3v) is 6.24. The van der Waals surface area contributed by atoms with E-state index in [4.69, 9.17) is 9.15 Å². The number of furan rings is 1. The van der Waals surface area contributed by atoms with Crippen LogP contribution < -0.4 is 15.4 Å². The molecule has 0 radical (unpaired) electrons. The molecule has 4 rings (SSSR count). The zero-order valence-electron chi connectivity index (χ0n) is 17.5. The summed E-state index contributed by atoms with van der Waals surface area (Å²) < 4.78 is 10.6. The van der Waals surface area contributed by atoms with E-state index in [1.807, 2.05) is 42.5 Å². The largest absolute Gasteiger partial charge is 0.497 e. The number of aryl methyl sites for hydroxylation is 1. The molecule has 2 N–H and O–H groups in total. The van der Waals surface area contributed by atoms with Gasteiger partial charge in [0.1, 0.15) is 16.6 Å². The number of pyridine rings is 1. The minimum Gasteiger partial charge on any atom is -0.497 e. The molecule has 1 aromatic carbocycles. The first kappa shape index (κ1) is 20.7. The Balaban J connectivity index is 1.77. The molecule has 1 atom stereocenters. The molecule has 0 aliphatic rings. The lowest BCUT2D eigenvalue weighted by molar-refractivity contribution is 0.0997. The summed E-state index contributed by atoms with van der Waals surface area (Å²) in [5.74, 6) is 1.52. The van der Waals surface area contributed by atoms with Crippen LogP contribution in [0.15, 0.2) is 71.5 Å². The van der Waals surface area contributed by atoms with Gasteiger partial charge in [0.2, 0.25) is 0 Å². The molecule has 0 aliphatic carbocycles. The van der Waals surface area contributed by atoms with Crippen molar-refractivity contribution in [3.05, 3.63) is 94.4 Å². The third-order valence-electron chi connectivity index (χ3n) is 5.10. The quantitative estimate of drug-likeness (QED) is 0.384. The highest BCUT2D eigenvalue weighted by molar-refractivity contribution is 7.16. The highest BCUT2D eigenvalue weighted by Crippen LogP contribution is 2.41. The molecule has 4 aromatic rings. The topological polar surface area (TPSA) is 76.4 Å². The van der Waals surface area contributed by atoms with Crippen LogP contribution in [-0.2, 0) is 0 Å². The van der Waals surface area contributed by atoms with Gasteiger partial charge in [0.05, 0.1) is 19.4 Å². The van der Waals surface area contributed by atoms with E-state index in [1.54, 1.807) is 36.8 Å². The Morgan fingerprint density at radius 3 is 2.55 bits per heavy atom. The van der Waals surface area contributed by atoms with Crippen LogP contribution in [-0.4, -0.2) is 18.0 Å². The van der Waals surface area contributed by atoms with E-state index in [1.165, 1.54) is 6.26 Å². The lowest BCUT2D eigenvalue weighted by Crippen LogP contribution is -2.17. The second kappa shape index (κ2) is 9.06. The maximum Gasteiger partial charge on any atom is 0.291 e. The van der Waals surface area contributed by atoms with Crippen LogP contribution in [0.4, 0.5) is 10.8 Å². The molecule has 7 heteroatoms. The fourth-order valence-corrected chi connectivity index (χ4v) is 4.47. The number of carbonyl (C=O) groups excluding carboxylic acids is 1. The van der Waals surface area contributed by atoms with Crippen molar-refractivity contribution in [1.82, 2.24) is 4.98 Å². The number of ether oxygens (including phenoxy) is 1. The Labute approximate surface area is 184 Å². The summed E-state index contributed by atoms with van der Waals surface area (Å²) in [5, 5.41) is 7.34. The van der Waals surface area contributed by atoms with E-state index in [9.17, 15) is 4.79 Å². The van der Waals surface area contributed by atoms with Crippen molar-refractivity contribution in [3.63, 3.8) is 0 Å². The number of methoxy groups -OCH3 is 1. The van der Waals surface area contributed by atoms with Gasteiger partial charge in [-0.05, 0) is 61.4 Å². The summed E-state index contributed by atoms with van der Waals surface area (Å²) in [6.45, 7) is 4.12. The van der Waals surface area contributed by atoms with Gasteiger partial charge < -0.3 is 19.8 Å². The van der Waals surface area contributed by atoms with Crippen LogP contribution in [0.3, 0.4) is 0 Å². The predicted octanol–water partition coefficient (Wildman–Crippen LogP) is 5.82. The lowest BCUT2D eigenvalue weighted by Gasteiger charge is -2.22. The van der Waals surface area contributed by atoms with Gasteiger partial charge in [-0.25, -0.2) is 4.98 Å². The Bertz CT molecular complexity index is 1150. The van der Waals surface area contributed by atoms with Crippen molar-refractivity contribution in [2.75, 3.05) is 17.7 Å². The van der Waals surface area contributed by atoms with Crippen LogP contribution in [0.1, 0.15) is 38.2 Å². The number of rotatable bonds is 7. The second-order valence-electron chi connectivity index (χ2n) is 7.02. The van der Waals surface area contributed by atoms with Crippen LogP contribution >= 0.6 is 11.3 Å². The van der Waals surface area contributed by atoms with Crippen molar-refractivity contribution in [2.45, 2.75) is 19.9 Å².